The van der Waals surface area contributed by atoms with Crippen LogP contribution in [0.4, 0.5) is 0 Å². The normalized spacial score (nSPS) is 36.0. The molecule has 1 aliphatic carbocycles. The molecule has 16 heavy (non-hydrogen) atoms. The number of nitrogens with zero attached hydrogens (tertiary/aromatic N) is 1. The Hall–Kier alpha value is -0.0800. The third-order valence-electron chi connectivity index (χ3n) is 4.36. The maximum absolute atomic E-state index is 3.82. The SMILES string of the molecule is CC(C)NC1C2CCCC1CN(C(C)C)C2. The minimum absolute atomic E-state index is 0.638. The van der Waals surface area contributed by atoms with E-state index in [1.165, 1.54) is 32.4 Å². The Morgan fingerprint density at radius 3 is 2.00 bits per heavy atom. The van der Waals surface area contributed by atoms with Crippen LogP contribution < -0.4 is 5.32 Å². The summed E-state index contributed by atoms with van der Waals surface area (Å²) in [5.41, 5.74) is 0. The molecule has 0 amide bonds. The molecule has 0 radical (unpaired) electrons. The van der Waals surface area contributed by atoms with Crippen molar-refractivity contribution in [3.05, 3.63) is 0 Å². The van der Waals surface area contributed by atoms with Gasteiger partial charge in [0.2, 0.25) is 0 Å². The minimum atomic E-state index is 0.638. The van der Waals surface area contributed by atoms with Gasteiger partial charge in [-0.05, 0) is 38.5 Å². The molecular weight excluding hydrogens is 196 g/mol. The molecule has 2 nitrogen and oxygen atoms in total. The Balaban J connectivity index is 2.02. The zero-order valence-corrected chi connectivity index (χ0v) is 11.4. The van der Waals surface area contributed by atoms with Crippen molar-refractivity contribution in [3.63, 3.8) is 0 Å². The van der Waals surface area contributed by atoms with Crippen molar-refractivity contribution in [3.8, 4) is 0 Å². The molecule has 0 aromatic carbocycles. The Morgan fingerprint density at radius 2 is 1.56 bits per heavy atom. The fourth-order valence-electron chi connectivity index (χ4n) is 3.55. The predicted octanol–water partition coefficient (Wildman–Crippen LogP) is 2.49. The molecule has 1 heterocycles. The molecule has 2 atom stereocenters. The summed E-state index contributed by atoms with van der Waals surface area (Å²) in [7, 11) is 0. The summed E-state index contributed by atoms with van der Waals surface area (Å²) in [6.45, 7) is 11.9. The second kappa shape index (κ2) is 5.05. The van der Waals surface area contributed by atoms with Crippen molar-refractivity contribution in [2.75, 3.05) is 13.1 Å². The number of fused-ring (bicyclic) bond motifs is 2. The Kier molecular flexibility index (Phi) is 3.91. The summed E-state index contributed by atoms with van der Waals surface area (Å²) in [5.74, 6) is 1.80. The molecule has 94 valence electrons. The van der Waals surface area contributed by atoms with Crippen LogP contribution in [0.5, 0.6) is 0 Å². The van der Waals surface area contributed by atoms with E-state index in [4.69, 9.17) is 0 Å². The van der Waals surface area contributed by atoms with Crippen LogP contribution in [0.1, 0.15) is 47.0 Å². The molecule has 1 N–H and O–H groups in total. The van der Waals surface area contributed by atoms with E-state index >= 15 is 0 Å². The standard InChI is InChI=1S/C14H28N2/c1-10(2)15-14-12-6-5-7-13(14)9-16(8-12)11(3)4/h10-15H,5-9H2,1-4H3. The lowest BCUT2D eigenvalue weighted by molar-refractivity contribution is 0.0266. The molecule has 1 saturated heterocycles. The van der Waals surface area contributed by atoms with Crippen LogP contribution in [0.15, 0.2) is 0 Å². The summed E-state index contributed by atoms with van der Waals surface area (Å²) in [6.07, 6.45) is 4.33. The van der Waals surface area contributed by atoms with Gasteiger partial charge in [0.1, 0.15) is 0 Å². The van der Waals surface area contributed by atoms with Gasteiger partial charge in [0, 0.05) is 31.2 Å². The first-order chi connectivity index (χ1) is 7.58. The van der Waals surface area contributed by atoms with Crippen LogP contribution in [-0.2, 0) is 0 Å². The molecule has 0 aromatic rings. The second-order valence-electron chi connectivity index (χ2n) is 6.35. The van der Waals surface area contributed by atoms with Crippen LogP contribution in [0.25, 0.3) is 0 Å². The fraction of sp³-hybridized carbons (Fsp3) is 1.00. The van der Waals surface area contributed by atoms with E-state index in [-0.39, 0.29) is 0 Å². The van der Waals surface area contributed by atoms with Gasteiger partial charge in [-0.1, -0.05) is 20.3 Å². The molecule has 2 unspecified atom stereocenters. The highest BCUT2D eigenvalue weighted by atomic mass is 15.2. The molecule has 2 heteroatoms. The molecular formula is C14H28N2. The van der Waals surface area contributed by atoms with Gasteiger partial charge in [-0.25, -0.2) is 0 Å². The number of piperidine rings is 1. The predicted molar refractivity (Wildman–Crippen MR) is 69.6 cm³/mol. The van der Waals surface area contributed by atoms with E-state index < -0.39 is 0 Å². The highest BCUT2D eigenvalue weighted by Gasteiger charge is 2.39. The van der Waals surface area contributed by atoms with Crippen molar-refractivity contribution < 1.29 is 0 Å². The summed E-state index contributed by atoms with van der Waals surface area (Å²) in [4.78, 5) is 2.69. The number of hydrogen-bond donors (Lipinski definition) is 1. The van der Waals surface area contributed by atoms with Crippen molar-refractivity contribution in [1.82, 2.24) is 10.2 Å². The van der Waals surface area contributed by atoms with Gasteiger partial charge >= 0.3 is 0 Å². The lowest BCUT2D eigenvalue weighted by Crippen LogP contribution is -2.59. The van der Waals surface area contributed by atoms with Gasteiger partial charge in [-0.2, -0.15) is 0 Å². The van der Waals surface area contributed by atoms with Crippen LogP contribution in [-0.4, -0.2) is 36.1 Å². The molecule has 0 spiro atoms. The molecule has 2 fully saturated rings. The maximum Gasteiger partial charge on any atom is 0.0150 e. The quantitative estimate of drug-likeness (QED) is 0.792. The lowest BCUT2D eigenvalue weighted by Gasteiger charge is -2.49. The van der Waals surface area contributed by atoms with Gasteiger partial charge in [0.15, 0.2) is 0 Å². The molecule has 2 aliphatic rings. The van der Waals surface area contributed by atoms with Crippen molar-refractivity contribution in [2.45, 2.75) is 65.1 Å². The van der Waals surface area contributed by atoms with Crippen LogP contribution in [0.2, 0.25) is 0 Å². The monoisotopic (exact) mass is 224 g/mol. The van der Waals surface area contributed by atoms with Crippen molar-refractivity contribution >= 4 is 0 Å². The Morgan fingerprint density at radius 1 is 1.00 bits per heavy atom. The zero-order valence-electron chi connectivity index (χ0n) is 11.4. The Labute approximate surface area is 101 Å². The number of likely N-dealkylation sites (tertiary alicyclic amines) is 1. The van der Waals surface area contributed by atoms with E-state index in [2.05, 4.69) is 37.9 Å². The molecule has 2 rings (SSSR count). The number of hydrogen-bond acceptors (Lipinski definition) is 2. The molecule has 0 aromatic heterocycles. The van der Waals surface area contributed by atoms with Gasteiger partial charge in [0.05, 0.1) is 0 Å². The minimum Gasteiger partial charge on any atom is -0.311 e. The van der Waals surface area contributed by atoms with Gasteiger partial charge < -0.3 is 10.2 Å². The zero-order chi connectivity index (χ0) is 11.7. The van der Waals surface area contributed by atoms with E-state index in [0.717, 1.165) is 23.9 Å². The topological polar surface area (TPSA) is 15.3 Å². The maximum atomic E-state index is 3.82. The molecule has 1 aliphatic heterocycles. The second-order valence-corrected chi connectivity index (χ2v) is 6.35. The first kappa shape index (κ1) is 12.4. The Bertz CT molecular complexity index is 211. The third-order valence-corrected chi connectivity index (χ3v) is 4.36. The van der Waals surface area contributed by atoms with E-state index in [1.807, 2.05) is 0 Å². The van der Waals surface area contributed by atoms with Crippen LogP contribution in [0.3, 0.4) is 0 Å². The summed E-state index contributed by atoms with van der Waals surface area (Å²) >= 11 is 0. The van der Waals surface area contributed by atoms with Gasteiger partial charge in [-0.15, -0.1) is 0 Å². The van der Waals surface area contributed by atoms with Gasteiger partial charge in [0.25, 0.3) is 0 Å². The highest BCUT2D eigenvalue weighted by molar-refractivity contribution is 4.95. The largest absolute Gasteiger partial charge is 0.311 e. The number of rotatable bonds is 3. The van der Waals surface area contributed by atoms with Crippen molar-refractivity contribution in [2.24, 2.45) is 11.8 Å². The lowest BCUT2D eigenvalue weighted by atomic mass is 9.73. The third kappa shape index (κ3) is 2.60. The first-order valence-corrected chi connectivity index (χ1v) is 7.08. The summed E-state index contributed by atoms with van der Waals surface area (Å²) in [5, 5.41) is 3.82. The highest BCUT2D eigenvalue weighted by Crippen LogP contribution is 2.35. The number of nitrogens with one attached hydrogen (secondary N) is 1. The van der Waals surface area contributed by atoms with Crippen molar-refractivity contribution in [1.29, 1.82) is 0 Å². The van der Waals surface area contributed by atoms with Gasteiger partial charge in [-0.3, -0.25) is 0 Å². The average molecular weight is 224 g/mol. The van der Waals surface area contributed by atoms with E-state index in [0.29, 0.717) is 6.04 Å². The first-order valence-electron chi connectivity index (χ1n) is 7.08. The summed E-state index contributed by atoms with van der Waals surface area (Å²) < 4.78 is 0. The van der Waals surface area contributed by atoms with E-state index in [9.17, 15) is 0 Å². The summed E-state index contributed by atoms with van der Waals surface area (Å²) in [6, 6.07) is 2.16. The smallest absolute Gasteiger partial charge is 0.0150 e. The molecule has 2 bridgehead atoms. The average Bonchev–Trinajstić information content (AvgIpc) is 2.15. The molecule has 1 saturated carbocycles. The van der Waals surface area contributed by atoms with E-state index in [1.54, 1.807) is 0 Å². The van der Waals surface area contributed by atoms with Crippen LogP contribution >= 0.6 is 0 Å². The van der Waals surface area contributed by atoms with Crippen LogP contribution in [0, 0.1) is 11.8 Å². The fourth-order valence-corrected chi connectivity index (χ4v) is 3.55.